The van der Waals surface area contributed by atoms with Gasteiger partial charge in [-0.1, -0.05) is 0 Å². The molecule has 0 N–H and O–H groups in total. The number of rotatable bonds is 2. The summed E-state index contributed by atoms with van der Waals surface area (Å²) >= 11 is 0. The predicted molar refractivity (Wildman–Crippen MR) is 95.1 cm³/mol. The number of hydrogen-bond acceptors (Lipinski definition) is 6. The second-order valence-corrected chi connectivity index (χ2v) is 8.91. The molecule has 2 aromatic rings. The molecule has 8 heteroatoms. The summed E-state index contributed by atoms with van der Waals surface area (Å²) in [4.78, 5) is 24.9. The van der Waals surface area contributed by atoms with Crippen LogP contribution in [0, 0.1) is 5.92 Å². The van der Waals surface area contributed by atoms with Gasteiger partial charge in [0, 0.05) is 43.4 Å². The predicted octanol–water partition coefficient (Wildman–Crippen LogP) is 0.713. The summed E-state index contributed by atoms with van der Waals surface area (Å²) in [5, 5.41) is 0.995. The van der Waals surface area contributed by atoms with Gasteiger partial charge in [-0.25, -0.2) is 18.4 Å². The average molecular weight is 360 g/mol. The molecule has 7 nitrogen and oxygen atoms in total. The van der Waals surface area contributed by atoms with Crippen LogP contribution in [0.1, 0.15) is 6.42 Å². The van der Waals surface area contributed by atoms with E-state index in [1.165, 1.54) is 6.33 Å². The highest BCUT2D eigenvalue weighted by molar-refractivity contribution is 7.91. The average Bonchev–Trinajstić information content (AvgIpc) is 3.01. The summed E-state index contributed by atoms with van der Waals surface area (Å²) < 4.78 is 23.2. The van der Waals surface area contributed by atoms with Gasteiger partial charge in [-0.3, -0.25) is 4.79 Å². The number of nitrogens with zero attached hydrogens (tertiary/aromatic N) is 4. The summed E-state index contributed by atoms with van der Waals surface area (Å²) in [7, 11) is -3.02. The first kappa shape index (κ1) is 16.3. The van der Waals surface area contributed by atoms with Crippen molar-refractivity contribution >= 4 is 32.3 Å². The number of amides is 1. The number of anilines is 1. The van der Waals surface area contributed by atoms with Crippen molar-refractivity contribution < 1.29 is 13.2 Å². The van der Waals surface area contributed by atoms with Gasteiger partial charge in [0.05, 0.1) is 22.9 Å². The van der Waals surface area contributed by atoms with Crippen LogP contribution < -0.4 is 4.90 Å². The monoisotopic (exact) mass is 360 g/mol. The second kappa shape index (κ2) is 6.25. The molecule has 2 aliphatic heterocycles. The van der Waals surface area contributed by atoms with E-state index in [0.29, 0.717) is 19.5 Å². The highest BCUT2D eigenvalue weighted by atomic mass is 32.2. The van der Waals surface area contributed by atoms with E-state index in [4.69, 9.17) is 0 Å². The van der Waals surface area contributed by atoms with E-state index in [0.717, 1.165) is 29.7 Å². The Balaban J connectivity index is 1.41. The first-order valence-corrected chi connectivity index (χ1v) is 10.3. The number of fused-ring (bicyclic) bond motifs is 1. The SMILES string of the molecule is O=C(C1CCS(=O)(=O)C1)N1CCN(c2ccc3ncncc3c2)CC1. The Bertz CT molecular complexity index is 907. The van der Waals surface area contributed by atoms with Crippen LogP contribution in [0.5, 0.6) is 0 Å². The maximum atomic E-state index is 12.5. The summed E-state index contributed by atoms with van der Waals surface area (Å²) in [6, 6.07) is 6.08. The minimum Gasteiger partial charge on any atom is -0.368 e. The molecule has 132 valence electrons. The lowest BCUT2D eigenvalue weighted by atomic mass is 10.1. The van der Waals surface area contributed by atoms with Crippen molar-refractivity contribution in [2.45, 2.75) is 6.42 Å². The fourth-order valence-electron chi connectivity index (χ4n) is 3.60. The number of carbonyl (C=O) groups is 1. The molecule has 1 aromatic heterocycles. The van der Waals surface area contributed by atoms with Gasteiger partial charge in [0.2, 0.25) is 5.91 Å². The Morgan fingerprint density at radius 3 is 2.68 bits per heavy atom. The van der Waals surface area contributed by atoms with Gasteiger partial charge in [-0.05, 0) is 24.6 Å². The molecule has 2 saturated heterocycles. The van der Waals surface area contributed by atoms with E-state index in [-0.39, 0.29) is 23.3 Å². The van der Waals surface area contributed by atoms with E-state index in [1.807, 2.05) is 17.0 Å². The minimum atomic E-state index is -3.02. The van der Waals surface area contributed by atoms with Gasteiger partial charge in [0.15, 0.2) is 9.84 Å². The van der Waals surface area contributed by atoms with Gasteiger partial charge >= 0.3 is 0 Å². The maximum Gasteiger partial charge on any atom is 0.226 e. The van der Waals surface area contributed by atoms with Crippen LogP contribution in [0.15, 0.2) is 30.7 Å². The molecule has 0 saturated carbocycles. The fraction of sp³-hybridized carbons (Fsp3) is 0.471. The van der Waals surface area contributed by atoms with Gasteiger partial charge in [0.1, 0.15) is 6.33 Å². The molecule has 0 bridgehead atoms. The molecule has 2 aliphatic rings. The lowest BCUT2D eigenvalue weighted by Crippen LogP contribution is -2.50. The summed E-state index contributed by atoms with van der Waals surface area (Å²) in [6.07, 6.45) is 3.80. The van der Waals surface area contributed by atoms with Crippen molar-refractivity contribution in [3.8, 4) is 0 Å². The molecular weight excluding hydrogens is 340 g/mol. The van der Waals surface area contributed by atoms with Crippen LogP contribution in [-0.2, 0) is 14.6 Å². The summed E-state index contributed by atoms with van der Waals surface area (Å²) in [5.74, 6) is -0.207. The van der Waals surface area contributed by atoms with Gasteiger partial charge < -0.3 is 9.80 Å². The second-order valence-electron chi connectivity index (χ2n) is 6.68. The molecule has 1 unspecified atom stereocenters. The van der Waals surface area contributed by atoms with Crippen LogP contribution >= 0.6 is 0 Å². The van der Waals surface area contributed by atoms with Gasteiger partial charge in [-0.15, -0.1) is 0 Å². The largest absolute Gasteiger partial charge is 0.368 e. The first-order chi connectivity index (χ1) is 12.0. The van der Waals surface area contributed by atoms with E-state index in [2.05, 4.69) is 20.9 Å². The van der Waals surface area contributed by atoms with Crippen molar-refractivity contribution in [2.24, 2.45) is 5.92 Å². The van der Waals surface area contributed by atoms with Crippen molar-refractivity contribution in [1.29, 1.82) is 0 Å². The zero-order valence-electron chi connectivity index (χ0n) is 13.8. The fourth-order valence-corrected chi connectivity index (χ4v) is 5.33. The zero-order valence-corrected chi connectivity index (χ0v) is 14.7. The molecule has 2 fully saturated rings. The molecule has 3 heterocycles. The first-order valence-electron chi connectivity index (χ1n) is 8.46. The normalized spacial score (nSPS) is 23.1. The Morgan fingerprint density at radius 1 is 1.16 bits per heavy atom. The zero-order chi connectivity index (χ0) is 17.4. The number of sulfone groups is 1. The van der Waals surface area contributed by atoms with Crippen molar-refractivity contribution in [2.75, 3.05) is 42.6 Å². The minimum absolute atomic E-state index is 0.00682. The number of carbonyl (C=O) groups excluding carboxylic acids is 1. The van der Waals surface area contributed by atoms with Crippen LogP contribution in [0.3, 0.4) is 0 Å². The quantitative estimate of drug-likeness (QED) is 0.784. The molecule has 1 aromatic carbocycles. The molecule has 4 rings (SSSR count). The van der Waals surface area contributed by atoms with E-state index in [9.17, 15) is 13.2 Å². The summed E-state index contributed by atoms with van der Waals surface area (Å²) in [6.45, 7) is 2.73. The molecule has 1 amide bonds. The lowest BCUT2D eigenvalue weighted by molar-refractivity contribution is -0.135. The van der Waals surface area contributed by atoms with Crippen molar-refractivity contribution in [3.63, 3.8) is 0 Å². The van der Waals surface area contributed by atoms with Crippen LogP contribution in [0.4, 0.5) is 5.69 Å². The number of piperazine rings is 1. The molecule has 0 spiro atoms. The Kier molecular flexibility index (Phi) is 4.07. The number of benzene rings is 1. The molecular formula is C17H20N4O3S. The third-order valence-corrected chi connectivity index (χ3v) is 6.79. The highest BCUT2D eigenvalue weighted by Crippen LogP contribution is 2.24. The van der Waals surface area contributed by atoms with Crippen molar-refractivity contribution in [1.82, 2.24) is 14.9 Å². The Labute approximate surface area is 146 Å². The topological polar surface area (TPSA) is 83.5 Å². The van der Waals surface area contributed by atoms with Gasteiger partial charge in [-0.2, -0.15) is 0 Å². The van der Waals surface area contributed by atoms with Crippen LogP contribution in [0.2, 0.25) is 0 Å². The van der Waals surface area contributed by atoms with E-state index >= 15 is 0 Å². The highest BCUT2D eigenvalue weighted by Gasteiger charge is 2.36. The maximum absolute atomic E-state index is 12.5. The number of aromatic nitrogens is 2. The third kappa shape index (κ3) is 3.30. The smallest absolute Gasteiger partial charge is 0.226 e. The van der Waals surface area contributed by atoms with Crippen molar-refractivity contribution in [3.05, 3.63) is 30.7 Å². The number of hydrogen-bond donors (Lipinski definition) is 0. The third-order valence-electron chi connectivity index (χ3n) is 5.03. The van der Waals surface area contributed by atoms with E-state index in [1.54, 1.807) is 6.20 Å². The van der Waals surface area contributed by atoms with E-state index < -0.39 is 9.84 Å². The lowest BCUT2D eigenvalue weighted by Gasteiger charge is -2.37. The molecule has 25 heavy (non-hydrogen) atoms. The summed E-state index contributed by atoms with van der Waals surface area (Å²) in [5.41, 5.74) is 2.01. The van der Waals surface area contributed by atoms with Crippen LogP contribution in [-0.4, -0.2) is 66.9 Å². The molecule has 0 radical (unpaired) electrons. The Hall–Kier alpha value is -2.22. The van der Waals surface area contributed by atoms with Gasteiger partial charge in [0.25, 0.3) is 0 Å². The standard InChI is InChI=1S/C17H20N4O3S/c22-17(13-3-8-25(23,24)11-13)21-6-4-20(5-7-21)15-1-2-16-14(9-15)10-18-12-19-16/h1-2,9-10,12-13H,3-8,11H2. The Morgan fingerprint density at radius 2 is 1.96 bits per heavy atom. The molecule has 1 atom stereocenters. The molecule has 0 aliphatic carbocycles. The van der Waals surface area contributed by atoms with Crippen LogP contribution in [0.25, 0.3) is 10.9 Å².